The lowest BCUT2D eigenvalue weighted by molar-refractivity contribution is 0.511. The van der Waals surface area contributed by atoms with Crippen LogP contribution in [0.5, 0.6) is 0 Å². The molecule has 2 rings (SSSR count). The first-order valence-corrected chi connectivity index (χ1v) is 5.88. The van der Waals surface area contributed by atoms with Crippen LogP contribution < -0.4 is 5.32 Å². The van der Waals surface area contributed by atoms with Gasteiger partial charge in [-0.15, -0.1) is 0 Å². The van der Waals surface area contributed by atoms with Crippen molar-refractivity contribution >= 4 is 11.6 Å². The van der Waals surface area contributed by atoms with Gasteiger partial charge in [-0.05, 0) is 36.4 Å². The van der Waals surface area contributed by atoms with Gasteiger partial charge < -0.3 is 5.32 Å². The van der Waals surface area contributed by atoms with Crippen LogP contribution in [0.3, 0.4) is 0 Å². The Morgan fingerprint density at radius 1 is 1.11 bits per heavy atom. The molecule has 94 valence electrons. The van der Waals surface area contributed by atoms with Gasteiger partial charge in [0.2, 0.25) is 0 Å². The third-order valence-electron chi connectivity index (χ3n) is 2.68. The van der Waals surface area contributed by atoms with E-state index in [1.165, 1.54) is 6.07 Å². The molecule has 0 aromatic heterocycles. The highest BCUT2D eigenvalue weighted by Gasteiger charge is 2.13. The molecule has 0 fully saturated rings. The number of nitrogens with one attached hydrogen (secondary N) is 1. The lowest BCUT2D eigenvalue weighted by Crippen LogP contribution is -2.07. The summed E-state index contributed by atoms with van der Waals surface area (Å²) in [7, 11) is 1.78. The molecule has 1 N–H and O–H groups in total. The molecular weight excluding hydrogens is 256 g/mol. The molecule has 0 amide bonds. The molecule has 0 aliphatic heterocycles. The number of rotatable bonds is 3. The van der Waals surface area contributed by atoms with Gasteiger partial charge in [-0.3, -0.25) is 0 Å². The summed E-state index contributed by atoms with van der Waals surface area (Å²) in [6, 6.07) is 9.27. The number of hydrogen-bond acceptors (Lipinski definition) is 1. The summed E-state index contributed by atoms with van der Waals surface area (Å²) in [6.45, 7) is 0.534. The van der Waals surface area contributed by atoms with Crippen molar-refractivity contribution in [2.75, 3.05) is 7.05 Å². The zero-order valence-corrected chi connectivity index (χ0v) is 10.6. The zero-order valence-electron chi connectivity index (χ0n) is 9.81. The Hall–Kier alpha value is -1.45. The van der Waals surface area contributed by atoms with Gasteiger partial charge in [0.1, 0.15) is 0 Å². The molecule has 2 aromatic carbocycles. The number of benzene rings is 2. The second-order valence-electron chi connectivity index (χ2n) is 3.93. The maximum Gasteiger partial charge on any atom is 0.166 e. The van der Waals surface area contributed by atoms with Gasteiger partial charge in [-0.1, -0.05) is 29.8 Å². The third kappa shape index (κ3) is 2.52. The predicted octanol–water partition coefficient (Wildman–Crippen LogP) is 4.00. The first kappa shape index (κ1) is 13.0. The standard InChI is InChI=1S/C14H12ClF2N/c1-18-8-9-7-10(15)5-6-11(9)12-3-2-4-13(16)14(12)17/h2-7,18H,8H2,1H3. The minimum Gasteiger partial charge on any atom is -0.316 e. The summed E-state index contributed by atoms with van der Waals surface area (Å²) in [5.41, 5.74) is 1.72. The van der Waals surface area contributed by atoms with E-state index in [4.69, 9.17) is 11.6 Å². The SMILES string of the molecule is CNCc1cc(Cl)ccc1-c1cccc(F)c1F. The van der Waals surface area contributed by atoms with Crippen LogP contribution in [-0.4, -0.2) is 7.05 Å². The van der Waals surface area contributed by atoms with Crippen LogP contribution in [0.25, 0.3) is 11.1 Å². The van der Waals surface area contributed by atoms with Crippen molar-refractivity contribution in [2.45, 2.75) is 6.54 Å². The first-order chi connectivity index (χ1) is 8.63. The summed E-state index contributed by atoms with van der Waals surface area (Å²) < 4.78 is 27.0. The van der Waals surface area contributed by atoms with Crippen LogP contribution in [-0.2, 0) is 6.54 Å². The van der Waals surface area contributed by atoms with Crippen LogP contribution in [0, 0.1) is 11.6 Å². The molecule has 0 bridgehead atoms. The van der Waals surface area contributed by atoms with Crippen molar-refractivity contribution in [1.82, 2.24) is 5.32 Å². The topological polar surface area (TPSA) is 12.0 Å². The average molecular weight is 268 g/mol. The Balaban J connectivity index is 2.59. The van der Waals surface area contributed by atoms with E-state index >= 15 is 0 Å². The maximum atomic E-state index is 13.8. The second-order valence-corrected chi connectivity index (χ2v) is 4.37. The molecule has 0 spiro atoms. The van der Waals surface area contributed by atoms with Gasteiger partial charge in [0.05, 0.1) is 0 Å². The summed E-state index contributed by atoms with van der Waals surface area (Å²) in [4.78, 5) is 0. The summed E-state index contributed by atoms with van der Waals surface area (Å²) in [5, 5.41) is 3.55. The van der Waals surface area contributed by atoms with Crippen LogP contribution in [0.1, 0.15) is 5.56 Å². The van der Waals surface area contributed by atoms with Gasteiger partial charge >= 0.3 is 0 Å². The van der Waals surface area contributed by atoms with Crippen molar-refractivity contribution in [2.24, 2.45) is 0 Å². The summed E-state index contributed by atoms with van der Waals surface area (Å²) in [6.07, 6.45) is 0. The number of halogens is 3. The quantitative estimate of drug-likeness (QED) is 0.886. The number of hydrogen-bond donors (Lipinski definition) is 1. The van der Waals surface area contributed by atoms with E-state index in [1.807, 2.05) is 0 Å². The molecule has 0 saturated heterocycles. The molecular formula is C14H12ClF2N. The predicted molar refractivity (Wildman–Crippen MR) is 69.6 cm³/mol. The molecule has 4 heteroatoms. The van der Waals surface area contributed by atoms with Crippen molar-refractivity contribution in [3.63, 3.8) is 0 Å². The van der Waals surface area contributed by atoms with Gasteiger partial charge in [0, 0.05) is 17.1 Å². The summed E-state index contributed by atoms with van der Waals surface area (Å²) in [5.74, 6) is -1.69. The fraction of sp³-hybridized carbons (Fsp3) is 0.143. The minimum absolute atomic E-state index is 0.247. The Morgan fingerprint density at radius 2 is 1.89 bits per heavy atom. The molecule has 2 aromatic rings. The molecule has 0 aliphatic rings. The highest BCUT2D eigenvalue weighted by atomic mass is 35.5. The van der Waals surface area contributed by atoms with Gasteiger partial charge in [0.25, 0.3) is 0 Å². The lowest BCUT2D eigenvalue weighted by Gasteiger charge is -2.11. The van der Waals surface area contributed by atoms with E-state index in [9.17, 15) is 8.78 Å². The highest BCUT2D eigenvalue weighted by molar-refractivity contribution is 6.30. The Bertz CT molecular complexity index is 570. The largest absolute Gasteiger partial charge is 0.316 e. The normalized spacial score (nSPS) is 10.7. The van der Waals surface area contributed by atoms with E-state index in [1.54, 1.807) is 31.3 Å². The Labute approximate surface area is 109 Å². The van der Waals surface area contributed by atoms with Gasteiger partial charge in [-0.2, -0.15) is 0 Å². The lowest BCUT2D eigenvalue weighted by atomic mass is 9.99. The second kappa shape index (κ2) is 5.46. The van der Waals surface area contributed by atoms with E-state index in [0.29, 0.717) is 17.1 Å². The van der Waals surface area contributed by atoms with Crippen LogP contribution in [0.4, 0.5) is 8.78 Å². The monoisotopic (exact) mass is 267 g/mol. The zero-order chi connectivity index (χ0) is 13.1. The maximum absolute atomic E-state index is 13.8. The summed E-state index contributed by atoms with van der Waals surface area (Å²) >= 11 is 5.92. The molecule has 0 atom stereocenters. The Morgan fingerprint density at radius 3 is 2.61 bits per heavy atom. The molecule has 0 radical (unpaired) electrons. The van der Waals surface area contributed by atoms with Crippen LogP contribution in [0.15, 0.2) is 36.4 Å². The average Bonchev–Trinajstić information content (AvgIpc) is 2.34. The first-order valence-electron chi connectivity index (χ1n) is 5.51. The van der Waals surface area contributed by atoms with Crippen molar-refractivity contribution < 1.29 is 8.78 Å². The van der Waals surface area contributed by atoms with E-state index in [0.717, 1.165) is 11.6 Å². The van der Waals surface area contributed by atoms with Crippen molar-refractivity contribution in [3.05, 3.63) is 58.6 Å². The van der Waals surface area contributed by atoms with Gasteiger partial charge in [-0.25, -0.2) is 8.78 Å². The van der Waals surface area contributed by atoms with E-state index in [-0.39, 0.29) is 5.56 Å². The molecule has 0 unspecified atom stereocenters. The van der Waals surface area contributed by atoms with Crippen molar-refractivity contribution in [3.8, 4) is 11.1 Å². The van der Waals surface area contributed by atoms with Crippen LogP contribution >= 0.6 is 11.6 Å². The highest BCUT2D eigenvalue weighted by Crippen LogP contribution is 2.29. The molecule has 0 heterocycles. The van der Waals surface area contributed by atoms with Crippen molar-refractivity contribution in [1.29, 1.82) is 0 Å². The smallest absolute Gasteiger partial charge is 0.166 e. The minimum atomic E-state index is -0.849. The van der Waals surface area contributed by atoms with Gasteiger partial charge in [0.15, 0.2) is 11.6 Å². The fourth-order valence-corrected chi connectivity index (χ4v) is 2.07. The molecule has 1 nitrogen and oxygen atoms in total. The molecule has 0 aliphatic carbocycles. The fourth-order valence-electron chi connectivity index (χ4n) is 1.87. The third-order valence-corrected chi connectivity index (χ3v) is 2.91. The van der Waals surface area contributed by atoms with Crippen LogP contribution in [0.2, 0.25) is 5.02 Å². The Kier molecular flexibility index (Phi) is 3.94. The molecule has 18 heavy (non-hydrogen) atoms. The van der Waals surface area contributed by atoms with E-state index < -0.39 is 11.6 Å². The van der Waals surface area contributed by atoms with E-state index in [2.05, 4.69) is 5.32 Å². The molecule has 0 saturated carbocycles.